The summed E-state index contributed by atoms with van der Waals surface area (Å²) in [6.07, 6.45) is -9.97. The normalized spacial score (nSPS) is 16.7. The van der Waals surface area contributed by atoms with Crippen LogP contribution in [0.2, 0.25) is 0 Å². The van der Waals surface area contributed by atoms with Gasteiger partial charge in [-0.05, 0) is 82.1 Å². The summed E-state index contributed by atoms with van der Waals surface area (Å²) in [5.74, 6) is 3.91. The number of pyridine rings is 1. The van der Waals surface area contributed by atoms with Gasteiger partial charge in [0.2, 0.25) is 5.91 Å². The monoisotopic (exact) mass is 1150 g/mol. The number of piperazine rings is 1. The predicted molar refractivity (Wildman–Crippen MR) is 279 cm³/mol. The van der Waals surface area contributed by atoms with E-state index in [4.69, 9.17) is 15.2 Å². The van der Waals surface area contributed by atoms with Crippen molar-refractivity contribution in [2.24, 2.45) is 16.6 Å². The molecule has 4 heterocycles. The third-order valence-electron chi connectivity index (χ3n) is 13.6. The first kappa shape index (κ1) is 64.1. The van der Waals surface area contributed by atoms with Crippen molar-refractivity contribution in [1.29, 1.82) is 0 Å². The van der Waals surface area contributed by atoms with Gasteiger partial charge in [-0.3, -0.25) is 15.0 Å². The Labute approximate surface area is 460 Å². The van der Waals surface area contributed by atoms with E-state index in [-0.39, 0.29) is 48.8 Å². The van der Waals surface area contributed by atoms with Gasteiger partial charge < -0.3 is 50.6 Å². The molecule has 0 radical (unpaired) electrons. The Kier molecular flexibility index (Phi) is 22.5. The number of hydrogen-bond donors (Lipinski definition) is 6. The molecule has 80 heavy (non-hydrogen) atoms. The van der Waals surface area contributed by atoms with Crippen LogP contribution in [0.3, 0.4) is 0 Å². The number of aliphatic hydroxyl groups is 1. The van der Waals surface area contributed by atoms with Gasteiger partial charge in [-0.1, -0.05) is 24.0 Å². The number of rotatable bonds is 20. The molecule has 28 heteroatoms. The number of carbonyl (C=O) groups excluding carboxylic acids is 3. The molecular formula is C52H72F10N10O8. The highest BCUT2D eigenvalue weighted by molar-refractivity contribution is 5.85. The fraction of sp³-hybridized carbons (Fsp3) is 0.519. The summed E-state index contributed by atoms with van der Waals surface area (Å²) < 4.78 is 156. The average molecular weight is 1160 g/mol. The first-order valence-electron chi connectivity index (χ1n) is 24.8. The topological polar surface area (TPSA) is 220 Å². The second-order valence-corrected chi connectivity index (χ2v) is 19.8. The maximum atomic E-state index is 15.1. The summed E-state index contributed by atoms with van der Waals surface area (Å²) in [5.41, 5.74) is 1.62. The second-order valence-electron chi connectivity index (χ2n) is 19.8. The first-order valence-corrected chi connectivity index (χ1v) is 24.8. The van der Waals surface area contributed by atoms with Crippen LogP contribution in [-0.4, -0.2) is 159 Å². The van der Waals surface area contributed by atoms with Gasteiger partial charge in [0.15, 0.2) is 0 Å². The van der Waals surface area contributed by atoms with Crippen molar-refractivity contribution in [2.45, 2.75) is 89.8 Å². The van der Waals surface area contributed by atoms with Crippen molar-refractivity contribution in [1.82, 2.24) is 40.9 Å². The number of nitrogens with zero attached hydrogens (tertiary/aromatic N) is 5. The molecule has 7 N–H and O–H groups in total. The Bertz CT molecular complexity index is 2740. The van der Waals surface area contributed by atoms with E-state index in [2.05, 4.69) is 57.1 Å². The number of alkyl carbamates (subject to hydrolysis) is 2. The van der Waals surface area contributed by atoms with Gasteiger partial charge in [0.05, 0.1) is 75.5 Å². The van der Waals surface area contributed by atoms with Crippen molar-refractivity contribution < 1.29 is 88.0 Å². The minimum Gasteiger partial charge on any atom is -0.453 e. The summed E-state index contributed by atoms with van der Waals surface area (Å²) in [5, 5.41) is 24.7. The van der Waals surface area contributed by atoms with Crippen molar-refractivity contribution in [3.05, 3.63) is 101 Å². The molecule has 0 unspecified atom stereocenters. The molecule has 2 aromatic carbocycles. The quantitative estimate of drug-likeness (QED) is 0.0222. The lowest BCUT2D eigenvalue weighted by molar-refractivity contribution is -0.224. The highest BCUT2D eigenvalue weighted by Crippen LogP contribution is 2.41. The van der Waals surface area contributed by atoms with Crippen molar-refractivity contribution in [3.8, 4) is 23.1 Å². The summed E-state index contributed by atoms with van der Waals surface area (Å²) in [7, 11) is 1.99. The van der Waals surface area contributed by atoms with Gasteiger partial charge >= 0.3 is 31.1 Å². The zero-order chi connectivity index (χ0) is 59.2. The number of nitrogens with one attached hydrogen (secondary N) is 4. The Hall–Kier alpha value is -6.77. The average Bonchev–Trinajstić information content (AvgIpc) is 4.08. The highest BCUT2D eigenvalue weighted by atomic mass is 19.4. The third-order valence-corrected chi connectivity index (χ3v) is 13.6. The summed E-state index contributed by atoms with van der Waals surface area (Å²) >= 11 is 0. The number of morpholine rings is 1. The lowest BCUT2D eigenvalue weighted by atomic mass is 9.83. The number of nitrogens with two attached hydrogens (primary N) is 1. The molecule has 2 aliphatic heterocycles. The van der Waals surface area contributed by atoms with Crippen LogP contribution < -0.4 is 31.9 Å². The Morgan fingerprint density at radius 1 is 0.875 bits per heavy atom. The van der Waals surface area contributed by atoms with Gasteiger partial charge in [0.25, 0.3) is 0 Å². The molecule has 448 valence electrons. The molecule has 2 aromatic heterocycles. The number of anilines is 1. The summed E-state index contributed by atoms with van der Waals surface area (Å²) in [6.45, 7) is 4.02. The van der Waals surface area contributed by atoms with Gasteiger partial charge in [-0.2, -0.15) is 40.2 Å². The van der Waals surface area contributed by atoms with Crippen LogP contribution in [-0.2, 0) is 36.7 Å². The minimum absolute atomic E-state index is 0. The van der Waals surface area contributed by atoms with Crippen LogP contribution >= 0.6 is 0 Å². The van der Waals surface area contributed by atoms with E-state index < -0.39 is 90.3 Å². The van der Waals surface area contributed by atoms with E-state index in [1.807, 2.05) is 12.1 Å². The third kappa shape index (κ3) is 17.4. The van der Waals surface area contributed by atoms with Crippen LogP contribution in [0.15, 0.2) is 67.0 Å². The Morgan fingerprint density at radius 3 is 2.08 bits per heavy atom. The number of hydrogen-bond acceptors (Lipinski definition) is 14. The predicted octanol–water partition coefficient (Wildman–Crippen LogP) is 7.25. The molecule has 2 fully saturated rings. The number of primary amides is 1. The number of amides is 3. The molecule has 0 spiro atoms. The number of benzene rings is 2. The fourth-order valence-electron chi connectivity index (χ4n) is 8.20. The maximum Gasteiger partial charge on any atom is 0.407 e. The molecule has 4 aromatic rings. The number of halogens is 10. The van der Waals surface area contributed by atoms with Gasteiger partial charge in [-0.15, -0.1) is 0 Å². The largest absolute Gasteiger partial charge is 0.453 e. The fourth-order valence-corrected chi connectivity index (χ4v) is 8.20. The van der Waals surface area contributed by atoms with E-state index in [9.17, 15) is 54.6 Å². The number of aromatic nitrogens is 3. The lowest BCUT2D eigenvalue weighted by Crippen LogP contribution is -2.58. The van der Waals surface area contributed by atoms with Crippen LogP contribution in [0.25, 0.3) is 11.3 Å². The standard InChI is InChI=1S/C44H51F7N8O5.C8H13F3N2O3.4H2/c1-43(2,44(49,50)51)39(55-42(61)62-3)26-64-27-54-37(38(60)23-52-22-33-34(45)19-31(20-35(33)46)36-12-13-59(56-36)41(47)48)18-29-7-4-28(5-8-29)6-9-30-10-11-40(53-21-30)58-15-14-57-16-17-63-25-32(57)24-58;1-7(2,8(9,10)11)4(5(12)14)13-6(15)16-3;;;;/h4-5,7-8,10-13,19-21,32,37-39,41,52,54,60H,14-18,22-27H2,1-3H3,(H,55,61);4H,1-3H3,(H2,12,14)(H,13,15);4*1H/t32-,37-,38-,39+;4-;;;;/m01..../s1. The van der Waals surface area contributed by atoms with Crippen molar-refractivity contribution in [3.63, 3.8) is 0 Å². The molecule has 3 amide bonds. The van der Waals surface area contributed by atoms with Crippen molar-refractivity contribution >= 4 is 23.9 Å². The molecule has 5 atom stereocenters. The number of ether oxygens (including phenoxy) is 4. The number of fused-ring (bicyclic) bond motifs is 1. The smallest absolute Gasteiger partial charge is 0.407 e. The van der Waals surface area contributed by atoms with Crippen LogP contribution in [0.5, 0.6) is 0 Å². The SMILES string of the molecule is COC(=O)N[C@H](C(N)=O)C(C)(C)C(F)(F)F.COC(=O)N[C@H](COCN[C@@H](Cc1ccc(C#Cc2ccc(N3CCN4CCOC[C@@H]4C3)nc2)cc1)[C@@H](O)CNCc1c(F)cc(-c2ccn(C(F)F)n2)cc1F)C(C)(C)C(F)(F)F.[HH].[HH].[HH].[HH]. The Morgan fingerprint density at radius 2 is 1.50 bits per heavy atom. The number of aliphatic hydroxyl groups excluding tert-OH is 1. The molecule has 0 saturated carbocycles. The molecule has 18 nitrogen and oxygen atoms in total. The van der Waals surface area contributed by atoms with Crippen LogP contribution in [0, 0.1) is 34.3 Å². The summed E-state index contributed by atoms with van der Waals surface area (Å²) in [4.78, 5) is 42.9. The molecule has 6 rings (SSSR count). The maximum absolute atomic E-state index is 15.1. The van der Waals surface area contributed by atoms with E-state index >= 15 is 8.78 Å². The van der Waals surface area contributed by atoms with Crippen molar-refractivity contribution in [2.75, 3.05) is 78.4 Å². The molecule has 0 aliphatic carbocycles. The molecule has 2 saturated heterocycles. The Balaban J connectivity index is 0.00000154. The summed E-state index contributed by atoms with van der Waals surface area (Å²) in [6, 6.07) is 10.3. The van der Waals surface area contributed by atoms with E-state index in [1.54, 1.807) is 35.8 Å². The van der Waals surface area contributed by atoms with E-state index in [0.717, 1.165) is 110 Å². The van der Waals surface area contributed by atoms with E-state index in [1.165, 1.54) is 6.07 Å². The van der Waals surface area contributed by atoms with Gasteiger partial charge in [-0.25, -0.2) is 28.0 Å². The lowest BCUT2D eigenvalue weighted by Gasteiger charge is -2.44. The molecule has 2 aliphatic rings. The first-order chi connectivity index (χ1) is 37.6. The van der Waals surface area contributed by atoms with E-state index in [0.29, 0.717) is 22.9 Å². The number of alkyl halides is 8. The molecule has 0 bridgehead atoms. The number of methoxy groups -OCH3 is 2. The number of carbonyl (C=O) groups is 3. The van der Waals surface area contributed by atoms with Crippen LogP contribution in [0.1, 0.15) is 62.2 Å². The van der Waals surface area contributed by atoms with Crippen LogP contribution in [0.4, 0.5) is 59.3 Å². The minimum atomic E-state index is -4.71. The zero-order valence-electron chi connectivity index (χ0n) is 44.5. The van der Waals surface area contributed by atoms with Gasteiger partial charge in [0.1, 0.15) is 23.5 Å². The highest BCUT2D eigenvalue weighted by Gasteiger charge is 2.55. The second kappa shape index (κ2) is 28.1. The molecular weight excluding hydrogens is 1080 g/mol. The van der Waals surface area contributed by atoms with Gasteiger partial charge in [0, 0.05) is 85.7 Å². The zero-order valence-corrected chi connectivity index (χ0v) is 44.5.